The third-order valence-electron chi connectivity index (χ3n) is 10.8. The van der Waals surface area contributed by atoms with Crippen molar-refractivity contribution in [3.05, 3.63) is 64.2 Å². The molecule has 2 aromatic carbocycles. The van der Waals surface area contributed by atoms with Gasteiger partial charge in [-0.1, -0.05) is 69.9 Å². The first kappa shape index (κ1) is 32.6. The average Bonchev–Trinajstić information content (AvgIpc) is 3.02. The van der Waals surface area contributed by atoms with Crippen LogP contribution in [0.25, 0.3) is 11.1 Å². The summed E-state index contributed by atoms with van der Waals surface area (Å²) in [5, 5.41) is 23.6. The van der Waals surface area contributed by atoms with Crippen LogP contribution in [0.15, 0.2) is 42.0 Å². The molecule has 47 heavy (non-hydrogen) atoms. The Balaban J connectivity index is 1.52. The van der Waals surface area contributed by atoms with Gasteiger partial charge in [-0.05, 0) is 90.2 Å². The number of carbonyl (C=O) groups excluding carboxylic acids is 5. The number of aromatic hydroxyl groups is 1. The first-order valence-electron chi connectivity index (χ1n) is 16.7. The number of ketones is 4. The van der Waals surface area contributed by atoms with Gasteiger partial charge in [0.15, 0.2) is 34.7 Å². The van der Waals surface area contributed by atoms with Crippen LogP contribution in [0.2, 0.25) is 0 Å². The molecule has 0 aliphatic heterocycles. The van der Waals surface area contributed by atoms with Crippen molar-refractivity contribution in [2.75, 3.05) is 0 Å². The Morgan fingerprint density at radius 3 is 2.30 bits per heavy atom. The van der Waals surface area contributed by atoms with Crippen LogP contribution in [0.5, 0.6) is 5.75 Å². The van der Waals surface area contributed by atoms with Gasteiger partial charge in [-0.2, -0.15) is 0 Å². The van der Waals surface area contributed by atoms with Crippen LogP contribution in [0.4, 0.5) is 0 Å². The second-order valence-corrected chi connectivity index (χ2v) is 14.3. The molecular weight excluding hydrogens is 594 g/mol. The molecule has 2 fully saturated rings. The highest BCUT2D eigenvalue weighted by atomic mass is 16.3. The van der Waals surface area contributed by atoms with E-state index in [1.807, 2.05) is 24.3 Å². The highest BCUT2D eigenvalue weighted by Crippen LogP contribution is 2.54. The van der Waals surface area contributed by atoms with Crippen molar-refractivity contribution < 1.29 is 34.2 Å². The lowest BCUT2D eigenvalue weighted by atomic mass is 9.49. The number of phenolic OH excluding ortho intramolecular Hbond substituents is 1. The molecule has 4 aliphatic carbocycles. The van der Waals surface area contributed by atoms with E-state index in [2.05, 4.69) is 31.8 Å². The maximum Gasteiger partial charge on any atom is 0.235 e. The molecule has 0 saturated heterocycles. The van der Waals surface area contributed by atoms with E-state index in [0.29, 0.717) is 17.0 Å². The van der Waals surface area contributed by atoms with Crippen molar-refractivity contribution in [2.24, 2.45) is 41.2 Å². The number of hydrogen-bond donors (Lipinski definition) is 3. The fourth-order valence-corrected chi connectivity index (χ4v) is 8.42. The van der Waals surface area contributed by atoms with Gasteiger partial charge in [0, 0.05) is 11.8 Å². The lowest BCUT2D eigenvalue weighted by molar-refractivity contribution is -0.182. The van der Waals surface area contributed by atoms with Crippen molar-refractivity contribution >= 4 is 29.0 Å². The van der Waals surface area contributed by atoms with Crippen LogP contribution in [0, 0.1) is 47.3 Å². The number of fused-ring (bicyclic) bond motifs is 3. The van der Waals surface area contributed by atoms with Crippen molar-refractivity contribution in [3.8, 4) is 28.7 Å². The standard InChI is InChI=1S/C39H41NO7/c1-19(2)22-12-14-23(15-13-22)26-16-24(11-10-21-8-6-5-7-9-21)33(41)31-27(26)17-25-18-28-29(20(3)4)34(42)32(38(40)46)37(45)39(28,47)36(44)30(25)35(31)43/h8,12-16,19-20,25,28-30,32,41,47H,5-7,9,17-18H2,1-4H3,(H2,40,46)/t25-,28-,29-,30?,32?,39-/m0/s1. The van der Waals surface area contributed by atoms with Crippen LogP contribution < -0.4 is 5.73 Å². The number of benzene rings is 2. The summed E-state index contributed by atoms with van der Waals surface area (Å²) in [7, 11) is 0. The molecular formula is C39H41NO7. The van der Waals surface area contributed by atoms with Crippen molar-refractivity contribution in [2.45, 2.75) is 77.7 Å². The summed E-state index contributed by atoms with van der Waals surface area (Å²) < 4.78 is 0. The third-order valence-corrected chi connectivity index (χ3v) is 10.8. The summed E-state index contributed by atoms with van der Waals surface area (Å²) in [5.74, 6) is -5.27. The SMILES string of the molecule is CC(C)c1ccc(-c2cc(C#CC3=CCCCC3)c(O)c3c2C[C@H]2C[C@H]4[C@H](C(C)C)C(=O)C(C(N)=O)C(=O)[C@@]4(O)C(=O)C2C3=O)cc1. The number of aliphatic hydroxyl groups is 1. The lowest BCUT2D eigenvalue weighted by Crippen LogP contribution is -2.71. The zero-order valence-corrected chi connectivity index (χ0v) is 27.3. The van der Waals surface area contributed by atoms with E-state index in [4.69, 9.17) is 5.73 Å². The fraction of sp³-hybridized carbons (Fsp3) is 0.462. The Labute approximate surface area is 274 Å². The Morgan fingerprint density at radius 2 is 1.70 bits per heavy atom. The second kappa shape index (κ2) is 12.0. The van der Waals surface area contributed by atoms with Gasteiger partial charge in [0.25, 0.3) is 0 Å². The maximum absolute atomic E-state index is 14.5. The molecule has 0 radical (unpaired) electrons. The normalized spacial score (nSPS) is 28.7. The summed E-state index contributed by atoms with van der Waals surface area (Å²) in [6, 6.07) is 9.79. The van der Waals surface area contributed by atoms with E-state index in [-0.39, 0.29) is 29.7 Å². The van der Waals surface area contributed by atoms with Crippen molar-refractivity contribution in [3.63, 3.8) is 0 Å². The maximum atomic E-state index is 14.5. The molecule has 0 spiro atoms. The number of phenols is 1. The monoisotopic (exact) mass is 635 g/mol. The predicted molar refractivity (Wildman–Crippen MR) is 175 cm³/mol. The largest absolute Gasteiger partial charge is 0.506 e. The molecule has 2 unspecified atom stereocenters. The van der Waals surface area contributed by atoms with Crippen LogP contribution in [-0.2, 0) is 25.6 Å². The molecule has 4 N–H and O–H groups in total. The molecule has 2 saturated carbocycles. The number of primary amides is 1. The zero-order chi connectivity index (χ0) is 33.9. The molecule has 4 aliphatic rings. The Bertz CT molecular complexity index is 1800. The number of hydrogen-bond acceptors (Lipinski definition) is 7. The van der Waals surface area contributed by atoms with E-state index < -0.39 is 70.1 Å². The smallest absolute Gasteiger partial charge is 0.235 e. The summed E-state index contributed by atoms with van der Waals surface area (Å²) in [5.41, 5.74) is 7.13. The molecule has 2 aromatic rings. The number of nitrogens with two attached hydrogens (primary N) is 1. The fourth-order valence-electron chi connectivity index (χ4n) is 8.42. The van der Waals surface area contributed by atoms with Gasteiger partial charge < -0.3 is 15.9 Å². The van der Waals surface area contributed by atoms with Crippen molar-refractivity contribution in [1.82, 2.24) is 0 Å². The quantitative estimate of drug-likeness (QED) is 0.321. The van der Waals surface area contributed by atoms with Gasteiger partial charge >= 0.3 is 0 Å². The molecule has 0 bridgehead atoms. The van der Waals surface area contributed by atoms with Crippen LogP contribution >= 0.6 is 0 Å². The topological polar surface area (TPSA) is 152 Å². The van der Waals surface area contributed by atoms with Crippen LogP contribution in [0.1, 0.15) is 92.8 Å². The van der Waals surface area contributed by atoms with E-state index in [1.54, 1.807) is 19.9 Å². The van der Waals surface area contributed by atoms with Crippen LogP contribution in [-0.4, -0.2) is 44.9 Å². The predicted octanol–water partition coefficient (Wildman–Crippen LogP) is 4.85. The Morgan fingerprint density at radius 1 is 1.00 bits per heavy atom. The molecule has 244 valence electrons. The molecule has 0 heterocycles. The van der Waals surface area contributed by atoms with E-state index in [0.717, 1.165) is 42.4 Å². The van der Waals surface area contributed by atoms with Gasteiger partial charge in [0.1, 0.15) is 5.75 Å². The summed E-state index contributed by atoms with van der Waals surface area (Å²) >= 11 is 0. The van der Waals surface area contributed by atoms with Gasteiger partial charge in [0.05, 0.1) is 17.0 Å². The number of rotatable bonds is 4. The molecule has 6 atom stereocenters. The average molecular weight is 636 g/mol. The van der Waals surface area contributed by atoms with Gasteiger partial charge in [-0.15, -0.1) is 0 Å². The number of amides is 1. The Kier molecular flexibility index (Phi) is 8.34. The first-order chi connectivity index (χ1) is 22.3. The van der Waals surface area contributed by atoms with E-state index >= 15 is 0 Å². The van der Waals surface area contributed by atoms with E-state index in [1.165, 1.54) is 0 Å². The highest BCUT2D eigenvalue weighted by Gasteiger charge is 2.69. The minimum absolute atomic E-state index is 0.0338. The third kappa shape index (κ3) is 5.16. The molecule has 8 heteroatoms. The zero-order valence-electron chi connectivity index (χ0n) is 27.3. The van der Waals surface area contributed by atoms with Crippen LogP contribution in [0.3, 0.4) is 0 Å². The summed E-state index contributed by atoms with van der Waals surface area (Å²) in [6.07, 6.45) is 6.20. The van der Waals surface area contributed by atoms with Crippen molar-refractivity contribution in [1.29, 1.82) is 0 Å². The summed E-state index contributed by atoms with van der Waals surface area (Å²) in [6.45, 7) is 7.67. The number of allylic oxidation sites excluding steroid dienone is 2. The van der Waals surface area contributed by atoms with E-state index in [9.17, 15) is 34.2 Å². The first-order valence-corrected chi connectivity index (χ1v) is 16.7. The van der Waals surface area contributed by atoms with Gasteiger partial charge in [-0.3, -0.25) is 24.0 Å². The van der Waals surface area contributed by atoms with Gasteiger partial charge in [0.2, 0.25) is 5.91 Å². The second-order valence-electron chi connectivity index (χ2n) is 14.3. The Hall–Kier alpha value is -4.35. The minimum Gasteiger partial charge on any atom is -0.506 e. The summed E-state index contributed by atoms with van der Waals surface area (Å²) in [4.78, 5) is 68.2. The molecule has 6 rings (SSSR count). The lowest BCUT2D eigenvalue weighted by Gasteiger charge is -2.52. The minimum atomic E-state index is -2.73. The molecule has 8 nitrogen and oxygen atoms in total. The highest BCUT2D eigenvalue weighted by molar-refractivity contribution is 6.32. The number of Topliss-reactive ketones (excluding diaryl/α,β-unsaturated/α-hetero) is 4. The molecule has 0 aromatic heterocycles. The molecule has 1 amide bonds. The van der Waals surface area contributed by atoms with Gasteiger partial charge in [-0.25, -0.2) is 0 Å². The number of carbonyl (C=O) groups is 5.